The monoisotopic (exact) mass is 406 g/mol. The van der Waals surface area contributed by atoms with Crippen LogP contribution in [0.5, 0.6) is 0 Å². The molecule has 3 aromatic carbocycles. The number of nitrogens with one attached hydrogen (secondary N) is 1. The van der Waals surface area contributed by atoms with Gasteiger partial charge in [0.25, 0.3) is 5.91 Å². The zero-order valence-electron chi connectivity index (χ0n) is 15.8. The standard InChI is InChI=1S/C23H19FN2O2S/c1-15-6-8-16(9-7-15)22(28)25-18-12-10-17(11-13-18)23-26(21(27)14-29-23)20-5-3-2-4-19(20)24/h2-13,23H,14H2,1H3,(H,25,28)/t23-/m0/s1. The van der Waals surface area contributed by atoms with Gasteiger partial charge in [0.1, 0.15) is 11.2 Å². The predicted molar refractivity (Wildman–Crippen MR) is 115 cm³/mol. The summed E-state index contributed by atoms with van der Waals surface area (Å²) in [5, 5.41) is 2.57. The van der Waals surface area contributed by atoms with Gasteiger partial charge in [-0.25, -0.2) is 4.39 Å². The molecule has 1 aliphatic rings. The Balaban J connectivity index is 1.52. The van der Waals surface area contributed by atoms with Crippen LogP contribution in [0.3, 0.4) is 0 Å². The zero-order chi connectivity index (χ0) is 20.4. The molecule has 4 rings (SSSR count). The van der Waals surface area contributed by atoms with Crippen LogP contribution in [0.15, 0.2) is 72.8 Å². The lowest BCUT2D eigenvalue weighted by Crippen LogP contribution is -2.28. The molecule has 0 saturated carbocycles. The van der Waals surface area contributed by atoms with Crippen molar-refractivity contribution in [3.63, 3.8) is 0 Å². The number of benzene rings is 3. The van der Waals surface area contributed by atoms with Crippen molar-refractivity contribution < 1.29 is 14.0 Å². The zero-order valence-corrected chi connectivity index (χ0v) is 16.6. The van der Waals surface area contributed by atoms with Crippen LogP contribution in [0.4, 0.5) is 15.8 Å². The maximum absolute atomic E-state index is 14.2. The number of aryl methyl sites for hydroxylation is 1. The van der Waals surface area contributed by atoms with Gasteiger partial charge in [-0.15, -0.1) is 11.8 Å². The molecule has 146 valence electrons. The fourth-order valence-electron chi connectivity index (χ4n) is 3.22. The van der Waals surface area contributed by atoms with Gasteiger partial charge < -0.3 is 5.32 Å². The smallest absolute Gasteiger partial charge is 0.255 e. The normalized spacial score (nSPS) is 16.1. The van der Waals surface area contributed by atoms with E-state index in [2.05, 4.69) is 5.32 Å². The first-order valence-corrected chi connectivity index (χ1v) is 10.2. The number of carbonyl (C=O) groups is 2. The molecule has 0 unspecified atom stereocenters. The summed E-state index contributed by atoms with van der Waals surface area (Å²) in [6.07, 6.45) is 0. The molecule has 1 aliphatic heterocycles. The Labute approximate surface area is 172 Å². The second-order valence-electron chi connectivity index (χ2n) is 6.82. The van der Waals surface area contributed by atoms with E-state index in [9.17, 15) is 14.0 Å². The van der Waals surface area contributed by atoms with Crippen molar-refractivity contribution >= 4 is 35.0 Å². The first-order valence-electron chi connectivity index (χ1n) is 9.19. The second-order valence-corrected chi connectivity index (χ2v) is 7.89. The van der Waals surface area contributed by atoms with Gasteiger partial charge in [0.05, 0.1) is 11.4 Å². The van der Waals surface area contributed by atoms with Crippen molar-refractivity contribution in [3.8, 4) is 0 Å². The maximum Gasteiger partial charge on any atom is 0.255 e. The Kier molecular flexibility index (Phi) is 5.36. The van der Waals surface area contributed by atoms with Crippen LogP contribution in [0, 0.1) is 12.7 Å². The molecule has 1 fully saturated rings. The topological polar surface area (TPSA) is 49.4 Å². The molecule has 0 aromatic heterocycles. The van der Waals surface area contributed by atoms with E-state index in [1.165, 1.54) is 22.7 Å². The molecular weight excluding hydrogens is 387 g/mol. The van der Waals surface area contributed by atoms with Gasteiger partial charge >= 0.3 is 0 Å². The van der Waals surface area contributed by atoms with Crippen molar-refractivity contribution in [2.75, 3.05) is 16.0 Å². The largest absolute Gasteiger partial charge is 0.322 e. The van der Waals surface area contributed by atoms with Crippen LogP contribution in [0.2, 0.25) is 0 Å². The first-order chi connectivity index (χ1) is 14.0. The molecular formula is C23H19FN2O2S. The Morgan fingerprint density at radius 1 is 1.03 bits per heavy atom. The average molecular weight is 406 g/mol. The number of amides is 2. The van der Waals surface area contributed by atoms with Crippen molar-refractivity contribution in [2.24, 2.45) is 0 Å². The number of para-hydroxylation sites is 1. The van der Waals surface area contributed by atoms with Crippen LogP contribution >= 0.6 is 11.8 Å². The summed E-state index contributed by atoms with van der Waals surface area (Å²) >= 11 is 1.46. The fraction of sp³-hybridized carbons (Fsp3) is 0.130. The number of hydrogen-bond donors (Lipinski definition) is 1. The van der Waals surface area contributed by atoms with E-state index in [-0.39, 0.29) is 22.9 Å². The number of anilines is 2. The highest BCUT2D eigenvalue weighted by atomic mass is 32.2. The maximum atomic E-state index is 14.2. The lowest BCUT2D eigenvalue weighted by Gasteiger charge is -2.24. The minimum Gasteiger partial charge on any atom is -0.322 e. The molecule has 1 saturated heterocycles. The minimum absolute atomic E-state index is 0.123. The highest BCUT2D eigenvalue weighted by Crippen LogP contribution is 2.42. The molecule has 1 atom stereocenters. The highest BCUT2D eigenvalue weighted by Gasteiger charge is 2.35. The average Bonchev–Trinajstić information content (AvgIpc) is 3.10. The lowest BCUT2D eigenvalue weighted by molar-refractivity contribution is -0.115. The summed E-state index contributed by atoms with van der Waals surface area (Å²) in [6.45, 7) is 1.97. The first kappa shape index (κ1) is 19.2. The van der Waals surface area contributed by atoms with Crippen LogP contribution in [-0.4, -0.2) is 17.6 Å². The van der Waals surface area contributed by atoms with Crippen LogP contribution in [0.25, 0.3) is 0 Å². The Morgan fingerprint density at radius 3 is 2.41 bits per heavy atom. The summed E-state index contributed by atoms with van der Waals surface area (Å²) in [7, 11) is 0. The molecule has 0 bridgehead atoms. The number of rotatable bonds is 4. The van der Waals surface area contributed by atoms with E-state index in [4.69, 9.17) is 0 Å². The number of thioether (sulfide) groups is 1. The highest BCUT2D eigenvalue weighted by molar-refractivity contribution is 8.00. The third kappa shape index (κ3) is 4.03. The number of halogens is 1. The third-order valence-corrected chi connectivity index (χ3v) is 5.96. The van der Waals surface area contributed by atoms with Gasteiger partial charge in [-0.2, -0.15) is 0 Å². The molecule has 6 heteroatoms. The SMILES string of the molecule is Cc1ccc(C(=O)Nc2ccc([C@@H]3SCC(=O)N3c3ccccc3F)cc2)cc1. The van der Waals surface area contributed by atoms with Gasteiger partial charge in [0.15, 0.2) is 0 Å². The van der Waals surface area contributed by atoms with Crippen LogP contribution < -0.4 is 10.2 Å². The van der Waals surface area contributed by atoms with Gasteiger partial charge in [0.2, 0.25) is 5.91 Å². The van der Waals surface area contributed by atoms with E-state index >= 15 is 0 Å². The van der Waals surface area contributed by atoms with Gasteiger partial charge in [-0.05, 0) is 48.9 Å². The summed E-state index contributed by atoms with van der Waals surface area (Å²) in [4.78, 5) is 26.3. The van der Waals surface area contributed by atoms with Gasteiger partial charge in [0, 0.05) is 11.3 Å². The second kappa shape index (κ2) is 8.09. The molecule has 4 nitrogen and oxygen atoms in total. The van der Waals surface area contributed by atoms with Gasteiger partial charge in [-0.1, -0.05) is 42.0 Å². The molecule has 0 radical (unpaired) electrons. The van der Waals surface area contributed by atoms with Crippen LogP contribution in [-0.2, 0) is 4.79 Å². The quantitative estimate of drug-likeness (QED) is 0.651. The summed E-state index contributed by atoms with van der Waals surface area (Å²) in [5.74, 6) is -0.432. The fourth-order valence-corrected chi connectivity index (χ4v) is 4.39. The van der Waals surface area contributed by atoms with E-state index in [0.29, 0.717) is 17.0 Å². The minimum atomic E-state index is -0.421. The number of nitrogens with zero attached hydrogens (tertiary/aromatic N) is 1. The van der Waals surface area contributed by atoms with Crippen LogP contribution in [0.1, 0.15) is 26.9 Å². The van der Waals surface area contributed by atoms with Crippen molar-refractivity contribution in [2.45, 2.75) is 12.3 Å². The molecule has 29 heavy (non-hydrogen) atoms. The van der Waals surface area contributed by atoms with Crippen molar-refractivity contribution in [1.82, 2.24) is 0 Å². The van der Waals surface area contributed by atoms with Crippen molar-refractivity contribution in [3.05, 3.63) is 95.3 Å². The van der Waals surface area contributed by atoms with E-state index in [1.54, 1.807) is 42.5 Å². The molecule has 0 spiro atoms. The lowest BCUT2D eigenvalue weighted by atomic mass is 10.1. The van der Waals surface area contributed by atoms with Gasteiger partial charge in [-0.3, -0.25) is 14.5 Å². The molecule has 1 N–H and O–H groups in total. The molecule has 0 aliphatic carbocycles. The van der Waals surface area contributed by atoms with E-state index in [1.807, 2.05) is 31.2 Å². The third-order valence-electron chi connectivity index (χ3n) is 4.75. The number of carbonyl (C=O) groups excluding carboxylic acids is 2. The van der Waals surface area contributed by atoms with E-state index in [0.717, 1.165) is 11.1 Å². The Morgan fingerprint density at radius 2 is 1.72 bits per heavy atom. The summed E-state index contributed by atoms with van der Waals surface area (Å²) in [6, 6.07) is 20.9. The summed E-state index contributed by atoms with van der Waals surface area (Å²) < 4.78 is 14.2. The predicted octanol–water partition coefficient (Wildman–Crippen LogP) is 5.17. The Hall–Kier alpha value is -3.12. The molecule has 3 aromatic rings. The summed E-state index contributed by atoms with van der Waals surface area (Å²) in [5.41, 5.74) is 3.49. The number of hydrogen-bond acceptors (Lipinski definition) is 3. The van der Waals surface area contributed by atoms with Crippen molar-refractivity contribution in [1.29, 1.82) is 0 Å². The molecule has 2 amide bonds. The van der Waals surface area contributed by atoms with E-state index < -0.39 is 5.82 Å². The molecule has 1 heterocycles. The Bertz CT molecular complexity index is 1050.